The standard InChI is InChI=1S/C32H31N7O/c33-21-26-5-1-3-7-29(26)37-13-11-36(12-14-37)23-24-19-25-9-10-35-31(25)28(20-24)32(40)39-17-15-38(16-18-39)30-8-4-2-6-27(30)22-34/h1-10,19-20,35H,11-18,23H2. The Bertz CT molecular complexity index is 1610. The maximum absolute atomic E-state index is 13.8. The summed E-state index contributed by atoms with van der Waals surface area (Å²) in [5, 5.41) is 20.0. The highest BCUT2D eigenvalue weighted by molar-refractivity contribution is 6.06. The normalized spacial score (nSPS) is 16.1. The molecule has 0 unspecified atom stereocenters. The minimum atomic E-state index is 0.0421. The molecule has 200 valence electrons. The van der Waals surface area contributed by atoms with Crippen LogP contribution in [-0.4, -0.2) is 73.0 Å². The van der Waals surface area contributed by atoms with Crippen LogP contribution in [0.25, 0.3) is 10.9 Å². The van der Waals surface area contributed by atoms with Gasteiger partial charge in [0.1, 0.15) is 12.1 Å². The molecule has 8 nitrogen and oxygen atoms in total. The van der Waals surface area contributed by atoms with Gasteiger partial charge in [0, 0.05) is 70.5 Å². The highest BCUT2D eigenvalue weighted by Crippen LogP contribution is 2.26. The van der Waals surface area contributed by atoms with Gasteiger partial charge in [-0.2, -0.15) is 10.5 Å². The van der Waals surface area contributed by atoms with E-state index in [1.54, 1.807) is 0 Å². The third kappa shape index (κ3) is 4.98. The van der Waals surface area contributed by atoms with E-state index < -0.39 is 0 Å². The second-order valence-electron chi connectivity index (χ2n) is 10.4. The summed E-state index contributed by atoms with van der Waals surface area (Å²) in [7, 11) is 0. The molecule has 1 aromatic heterocycles. The van der Waals surface area contributed by atoms with Gasteiger partial charge in [0.05, 0.1) is 33.6 Å². The van der Waals surface area contributed by atoms with Gasteiger partial charge < -0.3 is 19.7 Å². The van der Waals surface area contributed by atoms with Crippen molar-refractivity contribution < 1.29 is 4.79 Å². The molecule has 8 heteroatoms. The van der Waals surface area contributed by atoms with Crippen molar-refractivity contribution in [3.63, 3.8) is 0 Å². The van der Waals surface area contributed by atoms with Crippen LogP contribution in [0.5, 0.6) is 0 Å². The molecule has 6 rings (SSSR count). The lowest BCUT2D eigenvalue weighted by Crippen LogP contribution is -2.49. The number of aromatic amines is 1. The van der Waals surface area contributed by atoms with Crippen LogP contribution < -0.4 is 9.80 Å². The summed E-state index contributed by atoms with van der Waals surface area (Å²) in [6.45, 7) is 6.86. The average molecular weight is 530 g/mol. The largest absolute Gasteiger partial charge is 0.368 e. The molecule has 1 amide bonds. The summed E-state index contributed by atoms with van der Waals surface area (Å²) in [5.74, 6) is 0.0421. The summed E-state index contributed by atoms with van der Waals surface area (Å²) in [6, 6.07) is 26.3. The lowest BCUT2D eigenvalue weighted by Gasteiger charge is -2.37. The SMILES string of the molecule is N#Cc1ccccc1N1CCN(Cc2cc(C(=O)N3CCN(c4ccccc4C#N)CC3)c3[nH]ccc3c2)CC1. The minimum absolute atomic E-state index is 0.0421. The van der Waals surface area contributed by atoms with E-state index in [-0.39, 0.29) is 5.91 Å². The summed E-state index contributed by atoms with van der Waals surface area (Å²) in [4.78, 5) is 25.9. The number of nitrogens with zero attached hydrogens (tertiary/aromatic N) is 6. The molecular formula is C32H31N7O. The molecule has 0 atom stereocenters. The fourth-order valence-corrected chi connectivity index (χ4v) is 5.91. The molecular weight excluding hydrogens is 498 g/mol. The van der Waals surface area contributed by atoms with Crippen LogP contribution in [0, 0.1) is 22.7 Å². The van der Waals surface area contributed by atoms with E-state index in [4.69, 9.17) is 0 Å². The van der Waals surface area contributed by atoms with Crippen molar-refractivity contribution in [2.45, 2.75) is 6.54 Å². The number of rotatable bonds is 5. The van der Waals surface area contributed by atoms with Gasteiger partial charge in [-0.15, -0.1) is 0 Å². The van der Waals surface area contributed by atoms with Crippen molar-refractivity contribution in [3.8, 4) is 12.1 Å². The number of para-hydroxylation sites is 2. The van der Waals surface area contributed by atoms with Gasteiger partial charge in [-0.1, -0.05) is 24.3 Å². The van der Waals surface area contributed by atoms with Gasteiger partial charge in [-0.05, 0) is 48.0 Å². The van der Waals surface area contributed by atoms with Crippen molar-refractivity contribution in [1.82, 2.24) is 14.8 Å². The van der Waals surface area contributed by atoms with Crippen LogP contribution in [0.1, 0.15) is 27.0 Å². The number of carbonyl (C=O) groups is 1. The second kappa shape index (κ2) is 11.1. The quantitative estimate of drug-likeness (QED) is 0.417. The van der Waals surface area contributed by atoms with Crippen LogP contribution in [0.2, 0.25) is 0 Å². The van der Waals surface area contributed by atoms with Crippen molar-refractivity contribution in [1.29, 1.82) is 10.5 Å². The second-order valence-corrected chi connectivity index (χ2v) is 10.4. The molecule has 1 N–H and O–H groups in total. The Morgan fingerprint density at radius 2 is 1.32 bits per heavy atom. The van der Waals surface area contributed by atoms with Gasteiger partial charge in [0.25, 0.3) is 5.91 Å². The van der Waals surface area contributed by atoms with E-state index in [0.717, 1.165) is 60.6 Å². The van der Waals surface area contributed by atoms with E-state index in [1.165, 1.54) is 0 Å². The first kappa shape index (κ1) is 25.5. The Hall–Kier alpha value is -4.79. The zero-order chi connectivity index (χ0) is 27.5. The molecule has 0 saturated carbocycles. The Morgan fingerprint density at radius 3 is 1.93 bits per heavy atom. The number of carbonyl (C=O) groups excluding carboxylic acids is 1. The molecule has 3 aromatic carbocycles. The van der Waals surface area contributed by atoms with Crippen molar-refractivity contribution in [2.75, 3.05) is 62.2 Å². The predicted octanol–water partition coefficient (Wildman–Crippen LogP) is 4.20. The molecule has 2 saturated heterocycles. The lowest BCUT2D eigenvalue weighted by atomic mass is 10.0. The Kier molecular flexibility index (Phi) is 7.09. The summed E-state index contributed by atoms with van der Waals surface area (Å²) in [6.07, 6.45) is 1.90. The number of fused-ring (bicyclic) bond motifs is 1. The molecule has 2 aliphatic heterocycles. The zero-order valence-electron chi connectivity index (χ0n) is 22.4. The Labute approximate surface area is 234 Å². The Morgan fingerprint density at radius 1 is 0.750 bits per heavy atom. The number of nitriles is 2. The summed E-state index contributed by atoms with van der Waals surface area (Å²) >= 11 is 0. The first-order valence-corrected chi connectivity index (χ1v) is 13.7. The summed E-state index contributed by atoms with van der Waals surface area (Å²) < 4.78 is 0. The maximum atomic E-state index is 13.8. The first-order valence-electron chi connectivity index (χ1n) is 13.7. The van der Waals surface area contributed by atoms with Gasteiger partial charge in [0.2, 0.25) is 0 Å². The van der Waals surface area contributed by atoms with E-state index in [0.29, 0.717) is 42.9 Å². The molecule has 40 heavy (non-hydrogen) atoms. The zero-order valence-corrected chi connectivity index (χ0v) is 22.4. The topological polar surface area (TPSA) is 93.4 Å². The third-order valence-corrected chi connectivity index (χ3v) is 8.03. The number of nitrogens with one attached hydrogen (secondary N) is 1. The van der Waals surface area contributed by atoms with E-state index in [2.05, 4.69) is 44.0 Å². The molecule has 0 aliphatic carbocycles. The summed E-state index contributed by atoms with van der Waals surface area (Å²) in [5.41, 5.74) is 6.03. The molecule has 0 spiro atoms. The van der Waals surface area contributed by atoms with Gasteiger partial charge in [0.15, 0.2) is 0 Å². The molecule has 0 radical (unpaired) electrons. The number of hydrogen-bond donors (Lipinski definition) is 1. The molecule has 4 aromatic rings. The number of anilines is 2. The van der Waals surface area contributed by atoms with Crippen LogP contribution in [0.15, 0.2) is 72.9 Å². The monoisotopic (exact) mass is 529 g/mol. The highest BCUT2D eigenvalue weighted by atomic mass is 16.2. The van der Waals surface area contributed by atoms with E-state index in [1.807, 2.05) is 65.7 Å². The van der Waals surface area contributed by atoms with Crippen LogP contribution >= 0.6 is 0 Å². The van der Waals surface area contributed by atoms with Gasteiger partial charge in [-0.3, -0.25) is 9.69 Å². The fraction of sp³-hybridized carbons (Fsp3) is 0.281. The number of aromatic nitrogens is 1. The van der Waals surface area contributed by atoms with Crippen molar-refractivity contribution in [3.05, 3.63) is 95.2 Å². The fourth-order valence-electron chi connectivity index (χ4n) is 5.91. The number of piperazine rings is 2. The number of benzene rings is 3. The lowest BCUT2D eigenvalue weighted by molar-refractivity contribution is 0.0748. The first-order chi connectivity index (χ1) is 19.6. The minimum Gasteiger partial charge on any atom is -0.368 e. The molecule has 0 bridgehead atoms. The number of H-pyrrole nitrogens is 1. The van der Waals surface area contributed by atoms with Crippen molar-refractivity contribution >= 4 is 28.2 Å². The van der Waals surface area contributed by atoms with Crippen LogP contribution in [-0.2, 0) is 6.54 Å². The van der Waals surface area contributed by atoms with Crippen LogP contribution in [0.4, 0.5) is 11.4 Å². The Balaban J connectivity index is 1.14. The third-order valence-electron chi connectivity index (χ3n) is 8.03. The highest BCUT2D eigenvalue weighted by Gasteiger charge is 2.26. The van der Waals surface area contributed by atoms with E-state index >= 15 is 0 Å². The predicted molar refractivity (Wildman–Crippen MR) is 156 cm³/mol. The molecule has 3 heterocycles. The smallest absolute Gasteiger partial charge is 0.256 e. The average Bonchev–Trinajstić information content (AvgIpc) is 3.49. The molecule has 2 fully saturated rings. The van der Waals surface area contributed by atoms with Crippen LogP contribution in [0.3, 0.4) is 0 Å². The number of amides is 1. The van der Waals surface area contributed by atoms with Gasteiger partial charge in [-0.25, -0.2) is 0 Å². The van der Waals surface area contributed by atoms with Gasteiger partial charge >= 0.3 is 0 Å². The molecule has 2 aliphatic rings. The van der Waals surface area contributed by atoms with Crippen molar-refractivity contribution in [2.24, 2.45) is 0 Å². The number of hydrogen-bond acceptors (Lipinski definition) is 6. The maximum Gasteiger partial charge on any atom is 0.256 e. The van der Waals surface area contributed by atoms with E-state index in [9.17, 15) is 15.3 Å².